The third kappa shape index (κ3) is 4.11. The molecule has 0 aliphatic carbocycles. The first kappa shape index (κ1) is 15.6. The summed E-state index contributed by atoms with van der Waals surface area (Å²) < 4.78 is 21.4. The molecule has 1 aliphatic rings. The van der Waals surface area contributed by atoms with Crippen LogP contribution in [-0.4, -0.2) is 61.0 Å². The molecule has 1 aromatic heterocycles. The zero-order valence-corrected chi connectivity index (χ0v) is 12.5. The molecule has 1 atom stereocenters. The van der Waals surface area contributed by atoms with Crippen LogP contribution in [0.5, 0.6) is 0 Å². The van der Waals surface area contributed by atoms with Gasteiger partial charge >= 0.3 is 6.09 Å². The average molecular weight is 313 g/mol. The van der Waals surface area contributed by atoms with E-state index in [0.717, 1.165) is 12.8 Å². The van der Waals surface area contributed by atoms with E-state index >= 15 is 0 Å². The lowest BCUT2D eigenvalue weighted by molar-refractivity contribution is 0.131. The molecule has 1 amide bonds. The summed E-state index contributed by atoms with van der Waals surface area (Å²) in [6.07, 6.45) is 2.06. The average Bonchev–Trinajstić information content (AvgIpc) is 2.46. The van der Waals surface area contributed by atoms with E-state index < -0.39 is 17.2 Å². The molecule has 1 fully saturated rings. The highest BCUT2D eigenvalue weighted by Crippen LogP contribution is 2.20. The molecule has 0 bridgehead atoms. The quantitative estimate of drug-likeness (QED) is 0.803. The van der Waals surface area contributed by atoms with Gasteiger partial charge in [0.05, 0.1) is 5.75 Å². The maximum absolute atomic E-state index is 10.9. The zero-order chi connectivity index (χ0) is 15.4. The van der Waals surface area contributed by atoms with Gasteiger partial charge in [0, 0.05) is 32.4 Å². The van der Waals surface area contributed by atoms with Gasteiger partial charge < -0.3 is 19.5 Å². The number of hydrogen-bond donors (Lipinski definition) is 1. The molecule has 9 heteroatoms. The van der Waals surface area contributed by atoms with Crippen molar-refractivity contribution in [2.45, 2.75) is 24.6 Å². The Balaban J connectivity index is 1.99. The van der Waals surface area contributed by atoms with Crippen LogP contribution >= 0.6 is 0 Å². The van der Waals surface area contributed by atoms with Crippen LogP contribution in [0.4, 0.5) is 10.6 Å². The summed E-state index contributed by atoms with van der Waals surface area (Å²) in [6, 6.07) is 1.74. The molecule has 21 heavy (non-hydrogen) atoms. The van der Waals surface area contributed by atoms with E-state index in [2.05, 4.69) is 9.97 Å². The minimum absolute atomic E-state index is 0.00852. The van der Waals surface area contributed by atoms with Crippen molar-refractivity contribution >= 4 is 23.0 Å². The normalized spacial score (nSPS) is 17.5. The molecular weight excluding hydrogens is 296 g/mol. The van der Waals surface area contributed by atoms with Crippen molar-refractivity contribution in [3.05, 3.63) is 18.1 Å². The van der Waals surface area contributed by atoms with Gasteiger partial charge in [0.2, 0.25) is 0 Å². The lowest BCUT2D eigenvalue weighted by atomic mass is 10.0. The molecule has 1 unspecified atom stereocenters. The fourth-order valence-corrected chi connectivity index (χ4v) is 2.73. The molecule has 0 saturated carbocycles. The summed E-state index contributed by atoms with van der Waals surface area (Å²) in [7, 11) is 1.58. The van der Waals surface area contributed by atoms with E-state index in [1.165, 1.54) is 4.90 Å². The minimum Gasteiger partial charge on any atom is -0.772 e. The van der Waals surface area contributed by atoms with Crippen LogP contribution in [0, 0.1) is 0 Å². The fraction of sp³-hybridized carbons (Fsp3) is 0.583. The van der Waals surface area contributed by atoms with Crippen molar-refractivity contribution in [2.75, 3.05) is 25.0 Å². The second-order valence-electron chi connectivity index (χ2n) is 4.89. The smallest absolute Gasteiger partial charge is 0.407 e. The maximum Gasteiger partial charge on any atom is 0.407 e. The van der Waals surface area contributed by atoms with E-state index in [1.54, 1.807) is 19.3 Å². The van der Waals surface area contributed by atoms with Crippen molar-refractivity contribution in [3.63, 3.8) is 0 Å². The van der Waals surface area contributed by atoms with E-state index in [1.807, 2.05) is 4.90 Å². The Morgan fingerprint density at radius 3 is 2.81 bits per heavy atom. The van der Waals surface area contributed by atoms with Gasteiger partial charge in [-0.1, -0.05) is 0 Å². The van der Waals surface area contributed by atoms with E-state index in [4.69, 9.17) is 5.11 Å². The number of hydrogen-bond acceptors (Lipinski definition) is 6. The summed E-state index contributed by atoms with van der Waals surface area (Å²) in [5.74, 6) is 0.749. The van der Waals surface area contributed by atoms with Gasteiger partial charge in [-0.2, -0.15) is 0 Å². The monoisotopic (exact) mass is 313 g/mol. The Kier molecular flexibility index (Phi) is 5.07. The van der Waals surface area contributed by atoms with Crippen LogP contribution in [0.1, 0.15) is 18.7 Å². The van der Waals surface area contributed by atoms with E-state index in [0.29, 0.717) is 18.9 Å². The number of piperidine rings is 1. The maximum atomic E-state index is 10.9. The summed E-state index contributed by atoms with van der Waals surface area (Å²) >= 11 is -2.21. The Labute approximate surface area is 125 Å². The lowest BCUT2D eigenvalue weighted by Crippen LogP contribution is -2.45. The highest BCUT2D eigenvalue weighted by atomic mass is 32.2. The molecule has 2 rings (SSSR count). The number of anilines is 1. The van der Waals surface area contributed by atoms with Crippen LogP contribution in [0.25, 0.3) is 0 Å². The molecule has 2 heterocycles. The number of amides is 1. The number of aromatic nitrogens is 2. The second kappa shape index (κ2) is 6.81. The van der Waals surface area contributed by atoms with Crippen molar-refractivity contribution < 1.29 is 18.7 Å². The molecular formula is C12H17N4O4S-. The summed E-state index contributed by atoms with van der Waals surface area (Å²) in [5.41, 5.74) is 0. The number of nitrogens with zero attached hydrogens (tertiary/aromatic N) is 4. The van der Waals surface area contributed by atoms with Gasteiger partial charge in [0.1, 0.15) is 11.6 Å². The van der Waals surface area contributed by atoms with Gasteiger partial charge in [-0.25, -0.2) is 14.8 Å². The van der Waals surface area contributed by atoms with Gasteiger partial charge in [0.25, 0.3) is 0 Å². The second-order valence-corrected chi connectivity index (χ2v) is 5.79. The SMILES string of the molecule is CN(C(=O)O)C1CCN(c2ccnc(CS(=O)[O-])n2)CC1. The molecule has 116 valence electrons. The third-order valence-electron chi connectivity index (χ3n) is 3.58. The highest BCUT2D eigenvalue weighted by molar-refractivity contribution is 7.78. The zero-order valence-electron chi connectivity index (χ0n) is 11.6. The van der Waals surface area contributed by atoms with Crippen LogP contribution in [-0.2, 0) is 16.8 Å². The molecule has 0 radical (unpaired) electrons. The summed E-state index contributed by atoms with van der Waals surface area (Å²) in [4.78, 5) is 22.4. The van der Waals surface area contributed by atoms with Crippen molar-refractivity contribution in [3.8, 4) is 0 Å². The third-order valence-corrected chi connectivity index (χ3v) is 4.07. The molecule has 1 aromatic rings. The Morgan fingerprint density at radius 2 is 2.24 bits per heavy atom. The summed E-state index contributed by atoms with van der Waals surface area (Å²) in [6.45, 7) is 1.36. The topological polar surface area (TPSA) is 110 Å². The van der Waals surface area contributed by atoms with Crippen LogP contribution in [0.15, 0.2) is 12.3 Å². The van der Waals surface area contributed by atoms with Crippen LogP contribution in [0.3, 0.4) is 0 Å². The van der Waals surface area contributed by atoms with Gasteiger partial charge in [0.15, 0.2) is 0 Å². The number of rotatable bonds is 4. The Bertz CT molecular complexity index is 534. The highest BCUT2D eigenvalue weighted by Gasteiger charge is 2.25. The Hall–Kier alpha value is -1.74. The first-order chi connectivity index (χ1) is 9.97. The van der Waals surface area contributed by atoms with Gasteiger partial charge in [-0.15, -0.1) is 0 Å². The Morgan fingerprint density at radius 1 is 1.57 bits per heavy atom. The first-order valence-corrected chi connectivity index (χ1v) is 7.80. The number of carbonyl (C=O) groups is 1. The minimum atomic E-state index is -2.21. The predicted molar refractivity (Wildman–Crippen MR) is 75.7 cm³/mol. The largest absolute Gasteiger partial charge is 0.772 e. The fourth-order valence-electron chi connectivity index (χ4n) is 2.38. The lowest BCUT2D eigenvalue weighted by Gasteiger charge is -2.36. The van der Waals surface area contributed by atoms with Gasteiger partial charge in [-0.3, -0.25) is 4.21 Å². The number of carboxylic acid groups (broad SMARTS) is 1. The van der Waals surface area contributed by atoms with E-state index in [9.17, 15) is 13.6 Å². The standard InChI is InChI=1S/C12H18N4O4S/c1-15(12(17)18)9-3-6-16(7-4-9)11-2-5-13-10(14-11)8-21(19)20/h2,5,9H,3-4,6-8H2,1H3,(H,17,18)(H,19,20)/p-1. The first-order valence-electron chi connectivity index (χ1n) is 6.56. The van der Waals surface area contributed by atoms with Crippen molar-refractivity contribution in [2.24, 2.45) is 0 Å². The molecule has 8 nitrogen and oxygen atoms in total. The van der Waals surface area contributed by atoms with E-state index in [-0.39, 0.29) is 17.6 Å². The van der Waals surface area contributed by atoms with Crippen molar-refractivity contribution in [1.82, 2.24) is 14.9 Å². The van der Waals surface area contributed by atoms with Gasteiger partial charge in [-0.05, 0) is 30.0 Å². The van der Waals surface area contributed by atoms with Crippen LogP contribution < -0.4 is 4.90 Å². The molecule has 0 aromatic carbocycles. The predicted octanol–water partition coefficient (Wildman–Crippen LogP) is 0.434. The summed E-state index contributed by atoms with van der Waals surface area (Å²) in [5, 5.41) is 8.97. The molecule has 1 saturated heterocycles. The molecule has 1 aliphatic heterocycles. The molecule has 0 spiro atoms. The van der Waals surface area contributed by atoms with Crippen molar-refractivity contribution in [1.29, 1.82) is 0 Å². The van der Waals surface area contributed by atoms with Crippen LogP contribution in [0.2, 0.25) is 0 Å². The molecule has 1 N–H and O–H groups in total.